The highest BCUT2D eigenvalue weighted by Crippen LogP contribution is 2.32. The Hall–Kier alpha value is -3.58. The Balaban J connectivity index is 1.65. The van der Waals surface area contributed by atoms with Crippen LogP contribution in [0.25, 0.3) is 16.6 Å². The topological polar surface area (TPSA) is 73.2 Å². The third-order valence-electron chi connectivity index (χ3n) is 6.23. The fourth-order valence-corrected chi connectivity index (χ4v) is 4.85. The van der Waals surface area contributed by atoms with Crippen LogP contribution in [0.5, 0.6) is 5.75 Å². The van der Waals surface area contributed by atoms with Crippen molar-refractivity contribution in [2.24, 2.45) is 0 Å². The Kier molecular flexibility index (Phi) is 7.73. The first-order valence-corrected chi connectivity index (χ1v) is 13.3. The number of fused-ring (bicyclic) bond motifs is 1. The molecule has 0 atom stereocenters. The number of methoxy groups -OCH3 is 1. The first kappa shape index (κ1) is 26.5. The van der Waals surface area contributed by atoms with Crippen LogP contribution in [0.4, 0.5) is 5.69 Å². The molecule has 0 aliphatic rings. The molecule has 0 bridgehead atoms. The predicted octanol–water partition coefficient (Wildman–Crippen LogP) is 6.55. The SMILES string of the molecule is COc1ccc(C(C)(C)C)cc1NC(=O)CSc1nc2ccccc2c(=O)n1-c1ccc(C(C)C)cc1. The van der Waals surface area contributed by atoms with Gasteiger partial charge in [-0.2, -0.15) is 0 Å². The number of carbonyl (C=O) groups excluding carboxylic acids is 1. The standard InChI is InChI=1S/C30H33N3O3S/c1-19(2)20-11-14-22(15-12-20)33-28(35)23-9-7-8-10-24(23)32-29(33)37-18-27(34)31-25-17-21(30(3,4)5)13-16-26(25)36-6/h7-17,19H,18H2,1-6H3,(H,31,34). The van der Waals surface area contributed by atoms with Gasteiger partial charge in [-0.25, -0.2) is 4.98 Å². The van der Waals surface area contributed by atoms with Gasteiger partial charge in [0.1, 0.15) is 5.75 Å². The molecule has 0 unspecified atom stereocenters. The Morgan fingerprint density at radius 1 is 1.05 bits per heavy atom. The van der Waals surface area contributed by atoms with Crippen molar-refractivity contribution in [2.45, 2.75) is 51.1 Å². The normalized spacial score (nSPS) is 11.6. The van der Waals surface area contributed by atoms with Gasteiger partial charge < -0.3 is 10.1 Å². The molecule has 1 aromatic heterocycles. The minimum absolute atomic E-state index is 0.0727. The van der Waals surface area contributed by atoms with Crippen LogP contribution in [0.1, 0.15) is 51.7 Å². The van der Waals surface area contributed by atoms with E-state index in [4.69, 9.17) is 9.72 Å². The van der Waals surface area contributed by atoms with E-state index >= 15 is 0 Å². The van der Waals surface area contributed by atoms with Gasteiger partial charge in [-0.1, -0.05) is 76.7 Å². The van der Waals surface area contributed by atoms with E-state index in [0.29, 0.717) is 33.4 Å². The maximum absolute atomic E-state index is 13.5. The van der Waals surface area contributed by atoms with Crippen LogP contribution >= 0.6 is 11.8 Å². The van der Waals surface area contributed by atoms with Gasteiger partial charge in [0.15, 0.2) is 5.16 Å². The number of thioether (sulfide) groups is 1. The summed E-state index contributed by atoms with van der Waals surface area (Å²) in [4.78, 5) is 31.3. The summed E-state index contributed by atoms with van der Waals surface area (Å²) in [6.45, 7) is 10.6. The summed E-state index contributed by atoms with van der Waals surface area (Å²) in [5, 5.41) is 3.97. The van der Waals surface area contributed by atoms with Crippen molar-refractivity contribution in [1.82, 2.24) is 9.55 Å². The Morgan fingerprint density at radius 2 is 1.76 bits per heavy atom. The molecule has 37 heavy (non-hydrogen) atoms. The van der Waals surface area contributed by atoms with Gasteiger partial charge in [-0.15, -0.1) is 0 Å². The lowest BCUT2D eigenvalue weighted by molar-refractivity contribution is -0.113. The maximum atomic E-state index is 13.5. The second-order valence-corrected chi connectivity index (χ2v) is 11.2. The molecule has 0 aliphatic carbocycles. The van der Waals surface area contributed by atoms with E-state index < -0.39 is 0 Å². The first-order valence-electron chi connectivity index (χ1n) is 12.3. The zero-order valence-corrected chi connectivity index (χ0v) is 23.0. The zero-order valence-electron chi connectivity index (χ0n) is 22.2. The van der Waals surface area contributed by atoms with Crippen LogP contribution in [0, 0.1) is 0 Å². The first-order chi connectivity index (χ1) is 17.6. The van der Waals surface area contributed by atoms with Crippen molar-refractivity contribution in [3.05, 3.63) is 88.2 Å². The third-order valence-corrected chi connectivity index (χ3v) is 7.17. The number of carbonyl (C=O) groups is 1. The summed E-state index contributed by atoms with van der Waals surface area (Å²) in [7, 11) is 1.58. The summed E-state index contributed by atoms with van der Waals surface area (Å²) in [6.07, 6.45) is 0. The number of benzene rings is 3. The number of anilines is 1. The van der Waals surface area contributed by atoms with Gasteiger partial charge in [-0.05, 0) is 58.9 Å². The second-order valence-electron chi connectivity index (χ2n) is 10.3. The number of para-hydroxylation sites is 1. The molecule has 1 N–H and O–H groups in total. The lowest BCUT2D eigenvalue weighted by Gasteiger charge is -2.21. The lowest BCUT2D eigenvalue weighted by Crippen LogP contribution is -2.23. The number of rotatable bonds is 7. The van der Waals surface area contributed by atoms with E-state index in [1.807, 2.05) is 60.7 Å². The number of nitrogens with zero attached hydrogens (tertiary/aromatic N) is 2. The molecule has 3 aromatic carbocycles. The van der Waals surface area contributed by atoms with Gasteiger partial charge in [0.2, 0.25) is 5.91 Å². The Bertz CT molecular complexity index is 1490. The van der Waals surface area contributed by atoms with E-state index in [0.717, 1.165) is 11.3 Å². The molecular formula is C30H33N3O3S. The van der Waals surface area contributed by atoms with Crippen molar-refractivity contribution >= 4 is 34.3 Å². The molecule has 0 saturated heterocycles. The maximum Gasteiger partial charge on any atom is 0.266 e. The Labute approximate surface area is 222 Å². The number of aromatic nitrogens is 2. The van der Waals surface area contributed by atoms with E-state index in [2.05, 4.69) is 39.9 Å². The molecule has 7 heteroatoms. The summed E-state index contributed by atoms with van der Waals surface area (Å²) >= 11 is 1.23. The summed E-state index contributed by atoms with van der Waals surface area (Å²) in [5.74, 6) is 0.847. The van der Waals surface area contributed by atoms with Crippen LogP contribution < -0.4 is 15.6 Å². The van der Waals surface area contributed by atoms with Crippen molar-refractivity contribution in [1.29, 1.82) is 0 Å². The van der Waals surface area contributed by atoms with Gasteiger partial charge in [-0.3, -0.25) is 14.2 Å². The second kappa shape index (κ2) is 10.8. The highest BCUT2D eigenvalue weighted by atomic mass is 32.2. The molecule has 0 fully saturated rings. The lowest BCUT2D eigenvalue weighted by atomic mass is 9.87. The molecule has 1 amide bonds. The van der Waals surface area contributed by atoms with Crippen LogP contribution in [-0.2, 0) is 10.2 Å². The van der Waals surface area contributed by atoms with Gasteiger partial charge in [0, 0.05) is 0 Å². The van der Waals surface area contributed by atoms with Crippen LogP contribution in [0.2, 0.25) is 0 Å². The monoisotopic (exact) mass is 515 g/mol. The average Bonchev–Trinajstić information content (AvgIpc) is 2.87. The van der Waals surface area contributed by atoms with Gasteiger partial charge in [0.05, 0.1) is 35.1 Å². The van der Waals surface area contributed by atoms with Crippen molar-refractivity contribution in [2.75, 3.05) is 18.2 Å². The summed E-state index contributed by atoms with van der Waals surface area (Å²) in [6, 6.07) is 21.0. The number of amides is 1. The molecule has 4 aromatic rings. The average molecular weight is 516 g/mol. The largest absolute Gasteiger partial charge is 0.495 e. The number of hydrogen-bond donors (Lipinski definition) is 1. The molecule has 0 radical (unpaired) electrons. The quantitative estimate of drug-likeness (QED) is 0.223. The molecule has 0 saturated carbocycles. The Morgan fingerprint density at radius 3 is 2.41 bits per heavy atom. The van der Waals surface area contributed by atoms with Crippen molar-refractivity contribution < 1.29 is 9.53 Å². The van der Waals surface area contributed by atoms with Crippen LogP contribution in [-0.4, -0.2) is 28.3 Å². The smallest absolute Gasteiger partial charge is 0.266 e. The zero-order chi connectivity index (χ0) is 26.7. The minimum Gasteiger partial charge on any atom is -0.495 e. The highest BCUT2D eigenvalue weighted by molar-refractivity contribution is 7.99. The molecule has 192 valence electrons. The number of nitrogens with one attached hydrogen (secondary N) is 1. The summed E-state index contributed by atoms with van der Waals surface area (Å²) in [5.41, 5.74) is 3.98. The van der Waals surface area contributed by atoms with E-state index in [1.54, 1.807) is 17.7 Å². The molecule has 0 spiro atoms. The number of hydrogen-bond acceptors (Lipinski definition) is 5. The minimum atomic E-state index is -0.210. The molecule has 0 aliphatic heterocycles. The van der Waals surface area contributed by atoms with E-state index in [1.165, 1.54) is 17.3 Å². The fraction of sp³-hybridized carbons (Fsp3) is 0.300. The van der Waals surface area contributed by atoms with Crippen molar-refractivity contribution in [3.8, 4) is 11.4 Å². The van der Waals surface area contributed by atoms with E-state index in [-0.39, 0.29) is 22.6 Å². The van der Waals surface area contributed by atoms with Gasteiger partial charge in [0.25, 0.3) is 5.56 Å². The molecule has 1 heterocycles. The third kappa shape index (κ3) is 5.88. The summed E-state index contributed by atoms with van der Waals surface area (Å²) < 4.78 is 7.05. The fourth-order valence-electron chi connectivity index (χ4n) is 4.03. The van der Waals surface area contributed by atoms with E-state index in [9.17, 15) is 9.59 Å². The van der Waals surface area contributed by atoms with Gasteiger partial charge >= 0.3 is 0 Å². The highest BCUT2D eigenvalue weighted by Gasteiger charge is 2.19. The molecular weight excluding hydrogens is 482 g/mol. The molecule has 6 nitrogen and oxygen atoms in total. The van der Waals surface area contributed by atoms with Crippen LogP contribution in [0.3, 0.4) is 0 Å². The van der Waals surface area contributed by atoms with Crippen LogP contribution in [0.15, 0.2) is 76.7 Å². The molecule has 4 rings (SSSR count). The number of ether oxygens (including phenoxy) is 1. The predicted molar refractivity (Wildman–Crippen MR) is 152 cm³/mol. The van der Waals surface area contributed by atoms with Crippen molar-refractivity contribution in [3.63, 3.8) is 0 Å².